The highest BCUT2D eigenvalue weighted by Gasteiger charge is 2.13. The molecule has 0 fully saturated rings. The van der Waals surface area contributed by atoms with E-state index in [1.807, 2.05) is 0 Å². The van der Waals surface area contributed by atoms with Crippen molar-refractivity contribution in [2.24, 2.45) is 9.98 Å². The summed E-state index contributed by atoms with van der Waals surface area (Å²) in [6.07, 6.45) is 6.26. The van der Waals surface area contributed by atoms with Gasteiger partial charge in [-0.3, -0.25) is 19.6 Å². The number of aliphatic imine (C=N–C) groups is 2. The lowest BCUT2D eigenvalue weighted by Gasteiger charge is -2.10. The summed E-state index contributed by atoms with van der Waals surface area (Å²) < 4.78 is 10.4. The Kier molecular flexibility index (Phi) is 8.20. The molecule has 5 rings (SSSR count). The summed E-state index contributed by atoms with van der Waals surface area (Å²) in [6.45, 7) is 0. The molecule has 10 heteroatoms. The summed E-state index contributed by atoms with van der Waals surface area (Å²) in [5.41, 5.74) is 2.76. The van der Waals surface area contributed by atoms with Crippen molar-refractivity contribution in [3.05, 3.63) is 130 Å². The first-order chi connectivity index (χ1) is 19.4. The lowest BCUT2D eigenvalue weighted by Crippen LogP contribution is -2.14. The number of rotatable bonds is 8. The van der Waals surface area contributed by atoms with Crippen molar-refractivity contribution in [3.63, 3.8) is 0 Å². The summed E-state index contributed by atoms with van der Waals surface area (Å²) in [6, 6.07) is 23.3. The SMILES string of the molecule is O=C(Nc1ccc(N=Cc2ccco2)cc1Cl)c1ccc(C(=O)Nc2ccc(N=Cc3ccco3)cc2Cl)cc1. The topological polar surface area (TPSA) is 109 Å². The fourth-order valence-corrected chi connectivity index (χ4v) is 3.98. The molecule has 3 aromatic carbocycles. The van der Waals surface area contributed by atoms with Gasteiger partial charge in [0.05, 0.1) is 57.8 Å². The van der Waals surface area contributed by atoms with Crippen molar-refractivity contribution >= 4 is 70.2 Å². The highest BCUT2D eigenvalue weighted by Crippen LogP contribution is 2.29. The Morgan fingerprint density at radius 1 is 0.625 bits per heavy atom. The van der Waals surface area contributed by atoms with E-state index in [2.05, 4.69) is 20.6 Å². The Balaban J connectivity index is 1.19. The number of benzene rings is 3. The molecule has 5 aromatic rings. The third-order valence-electron chi connectivity index (χ3n) is 5.58. The average Bonchev–Trinajstić information content (AvgIpc) is 3.68. The van der Waals surface area contributed by atoms with Crippen LogP contribution in [0.25, 0.3) is 0 Å². The van der Waals surface area contributed by atoms with Gasteiger partial charge in [-0.2, -0.15) is 0 Å². The number of amides is 2. The van der Waals surface area contributed by atoms with E-state index in [1.165, 1.54) is 0 Å². The molecule has 0 aliphatic carbocycles. The van der Waals surface area contributed by atoms with Gasteiger partial charge in [0.2, 0.25) is 0 Å². The number of carbonyl (C=O) groups excluding carboxylic acids is 2. The lowest BCUT2D eigenvalue weighted by molar-refractivity contribution is 0.101. The quantitative estimate of drug-likeness (QED) is 0.183. The smallest absolute Gasteiger partial charge is 0.255 e. The van der Waals surface area contributed by atoms with Gasteiger partial charge in [0.15, 0.2) is 0 Å². The van der Waals surface area contributed by atoms with Crippen LogP contribution in [0.4, 0.5) is 22.7 Å². The summed E-state index contributed by atoms with van der Waals surface area (Å²) >= 11 is 12.7. The number of furan rings is 2. The van der Waals surface area contributed by atoms with Crippen molar-refractivity contribution in [1.29, 1.82) is 0 Å². The van der Waals surface area contributed by atoms with Crippen LogP contribution in [0.15, 0.2) is 116 Å². The van der Waals surface area contributed by atoms with Gasteiger partial charge in [0.25, 0.3) is 11.8 Å². The van der Waals surface area contributed by atoms with E-state index in [4.69, 9.17) is 32.0 Å². The molecule has 0 unspecified atom stereocenters. The second-order valence-corrected chi connectivity index (χ2v) is 9.18. The Morgan fingerprint density at radius 3 is 1.40 bits per heavy atom. The molecular weight excluding hydrogens is 551 g/mol. The minimum absolute atomic E-state index is 0.327. The molecule has 0 aliphatic heterocycles. The van der Waals surface area contributed by atoms with Crippen LogP contribution >= 0.6 is 23.2 Å². The Labute approximate surface area is 239 Å². The Morgan fingerprint density at radius 2 is 1.05 bits per heavy atom. The summed E-state index contributed by atoms with van der Waals surface area (Å²) in [5, 5.41) is 6.19. The summed E-state index contributed by atoms with van der Waals surface area (Å²) in [5.74, 6) is 0.459. The molecule has 0 radical (unpaired) electrons. The minimum Gasteiger partial charge on any atom is -0.463 e. The second kappa shape index (κ2) is 12.3. The first-order valence-electron chi connectivity index (χ1n) is 11.9. The fourth-order valence-electron chi connectivity index (χ4n) is 3.54. The lowest BCUT2D eigenvalue weighted by atomic mass is 10.1. The maximum atomic E-state index is 12.8. The number of hydrogen-bond acceptors (Lipinski definition) is 6. The molecule has 0 saturated heterocycles. The zero-order valence-corrected chi connectivity index (χ0v) is 22.2. The molecular formula is C30H20Cl2N4O4. The van der Waals surface area contributed by atoms with E-state index in [-0.39, 0.29) is 11.8 Å². The van der Waals surface area contributed by atoms with Gasteiger partial charge >= 0.3 is 0 Å². The molecule has 0 saturated carbocycles. The molecule has 2 N–H and O–H groups in total. The molecule has 0 spiro atoms. The van der Waals surface area contributed by atoms with Crippen LogP contribution in [0.3, 0.4) is 0 Å². The van der Waals surface area contributed by atoms with E-state index in [1.54, 1.807) is 110 Å². The van der Waals surface area contributed by atoms with Crippen molar-refractivity contribution in [2.75, 3.05) is 10.6 Å². The molecule has 2 aromatic heterocycles. The van der Waals surface area contributed by atoms with Gasteiger partial charge < -0.3 is 19.5 Å². The van der Waals surface area contributed by atoms with E-state index < -0.39 is 0 Å². The molecule has 0 bridgehead atoms. The molecule has 8 nitrogen and oxygen atoms in total. The monoisotopic (exact) mass is 570 g/mol. The van der Waals surface area contributed by atoms with Crippen LogP contribution < -0.4 is 10.6 Å². The van der Waals surface area contributed by atoms with E-state index in [0.29, 0.717) is 55.4 Å². The maximum Gasteiger partial charge on any atom is 0.255 e. The van der Waals surface area contributed by atoms with Gasteiger partial charge in [0, 0.05) is 11.1 Å². The summed E-state index contributed by atoms with van der Waals surface area (Å²) in [7, 11) is 0. The predicted molar refractivity (Wildman–Crippen MR) is 157 cm³/mol. The zero-order chi connectivity index (χ0) is 27.9. The van der Waals surface area contributed by atoms with E-state index in [0.717, 1.165) is 0 Å². The Bertz CT molecular complexity index is 1570. The van der Waals surface area contributed by atoms with Gasteiger partial charge in [-0.05, 0) is 84.9 Å². The van der Waals surface area contributed by atoms with Crippen molar-refractivity contribution in [2.45, 2.75) is 0 Å². The van der Waals surface area contributed by atoms with Crippen molar-refractivity contribution in [1.82, 2.24) is 0 Å². The predicted octanol–water partition coefficient (Wildman–Crippen LogP) is 8.19. The average molecular weight is 571 g/mol. The first kappa shape index (κ1) is 26.7. The highest BCUT2D eigenvalue weighted by molar-refractivity contribution is 6.34. The van der Waals surface area contributed by atoms with Gasteiger partial charge in [-0.1, -0.05) is 23.2 Å². The van der Waals surface area contributed by atoms with Crippen LogP contribution in [-0.2, 0) is 0 Å². The third kappa shape index (κ3) is 6.74. The molecule has 40 heavy (non-hydrogen) atoms. The number of nitrogens with one attached hydrogen (secondary N) is 2. The van der Waals surface area contributed by atoms with E-state index >= 15 is 0 Å². The number of anilines is 2. The molecule has 198 valence electrons. The standard InChI is InChI=1S/C30H20Cl2N4O4/c31-25-15-21(33-17-23-3-1-13-39-23)9-11-27(25)35-29(37)19-5-7-20(8-6-19)30(38)36-28-12-10-22(16-26(28)32)34-18-24-4-2-14-40-24/h1-18H,(H,35,37)(H,36,38). The zero-order valence-electron chi connectivity index (χ0n) is 20.7. The molecule has 0 aliphatic rings. The molecule has 0 atom stereocenters. The van der Waals surface area contributed by atoms with Gasteiger partial charge in [-0.25, -0.2) is 0 Å². The number of halogens is 2. The highest BCUT2D eigenvalue weighted by atomic mass is 35.5. The minimum atomic E-state index is -0.380. The number of carbonyl (C=O) groups is 2. The Hall–Kier alpha value is -4.92. The van der Waals surface area contributed by atoms with Crippen LogP contribution in [-0.4, -0.2) is 24.2 Å². The third-order valence-corrected chi connectivity index (χ3v) is 6.20. The molecule has 2 amide bonds. The normalized spacial score (nSPS) is 11.2. The number of hydrogen-bond donors (Lipinski definition) is 2. The van der Waals surface area contributed by atoms with Crippen LogP contribution in [0.2, 0.25) is 10.0 Å². The van der Waals surface area contributed by atoms with Gasteiger partial charge in [-0.15, -0.1) is 0 Å². The molecule has 2 heterocycles. The van der Waals surface area contributed by atoms with Crippen molar-refractivity contribution < 1.29 is 18.4 Å². The van der Waals surface area contributed by atoms with E-state index in [9.17, 15) is 9.59 Å². The summed E-state index contributed by atoms with van der Waals surface area (Å²) in [4.78, 5) is 34.1. The van der Waals surface area contributed by atoms with Crippen molar-refractivity contribution in [3.8, 4) is 0 Å². The largest absolute Gasteiger partial charge is 0.463 e. The van der Waals surface area contributed by atoms with Crippen LogP contribution in [0, 0.1) is 0 Å². The van der Waals surface area contributed by atoms with Gasteiger partial charge in [0.1, 0.15) is 11.5 Å². The number of nitrogens with zero attached hydrogens (tertiary/aromatic N) is 2. The second-order valence-electron chi connectivity index (χ2n) is 8.36. The van der Waals surface area contributed by atoms with Crippen LogP contribution in [0.1, 0.15) is 32.2 Å². The fraction of sp³-hybridized carbons (Fsp3) is 0. The van der Waals surface area contributed by atoms with Crippen LogP contribution in [0.5, 0.6) is 0 Å². The maximum absolute atomic E-state index is 12.8. The first-order valence-corrected chi connectivity index (χ1v) is 12.7.